The first-order valence-corrected chi connectivity index (χ1v) is 12.0. The first-order valence-electron chi connectivity index (χ1n) is 10.2. The van der Waals surface area contributed by atoms with Crippen LogP contribution in [0.1, 0.15) is 45.5 Å². The lowest BCUT2D eigenvalue weighted by molar-refractivity contribution is 0.100. The van der Waals surface area contributed by atoms with Gasteiger partial charge < -0.3 is 15.1 Å². The Bertz CT molecular complexity index is 1230. The van der Waals surface area contributed by atoms with E-state index < -0.39 is 16.5 Å². The van der Waals surface area contributed by atoms with Crippen LogP contribution in [0.15, 0.2) is 71.5 Å². The molecule has 3 heterocycles. The lowest BCUT2D eigenvalue weighted by atomic mass is 9.88. The summed E-state index contributed by atoms with van der Waals surface area (Å²) in [5.41, 5.74) is 9.57. The smallest absolute Gasteiger partial charge is 0.250 e. The number of hydrogen-bond donors (Lipinski definition) is 4. The number of hydrogen-bond acceptors (Lipinski definition) is 4. The van der Waals surface area contributed by atoms with Gasteiger partial charge in [-0.3, -0.25) is 13.9 Å². The summed E-state index contributed by atoms with van der Waals surface area (Å²) in [4.78, 5) is 15.4. The van der Waals surface area contributed by atoms with Crippen molar-refractivity contribution in [3.8, 4) is 11.3 Å². The average molecular weight is 437 g/mol. The minimum absolute atomic E-state index is 0.117. The number of furan rings is 1. The zero-order valence-electron chi connectivity index (χ0n) is 16.8. The lowest BCUT2D eigenvalue weighted by Crippen LogP contribution is -2.23. The van der Waals surface area contributed by atoms with Crippen molar-refractivity contribution in [2.45, 2.75) is 24.0 Å². The minimum Gasteiger partial charge on any atom is -0.464 e. The molecule has 7 heteroatoms. The zero-order valence-corrected chi connectivity index (χ0v) is 17.6. The molecule has 1 fully saturated rings. The summed E-state index contributed by atoms with van der Waals surface area (Å²) in [6.45, 7) is 0. The Kier molecular flexibility index (Phi) is 4.89. The molecule has 1 aliphatic rings. The number of aromatic nitrogens is 1. The summed E-state index contributed by atoms with van der Waals surface area (Å²) in [7, 11) is -2.72. The Balaban J connectivity index is 1.59. The van der Waals surface area contributed by atoms with Gasteiger partial charge in [-0.2, -0.15) is 10.6 Å². The SMILES string of the molecule is NC(=O)c1cc(-c2ccco2)cc2c(C3CCS(O)(O)C(c4ccccc4)C3)c[nH]c12. The molecule has 4 aromatic rings. The van der Waals surface area contributed by atoms with Crippen molar-refractivity contribution < 1.29 is 18.3 Å². The van der Waals surface area contributed by atoms with Crippen LogP contribution in [0, 0.1) is 0 Å². The maximum atomic E-state index is 12.2. The van der Waals surface area contributed by atoms with Crippen LogP contribution in [0.25, 0.3) is 22.2 Å². The fourth-order valence-electron chi connectivity index (χ4n) is 4.66. The number of H-pyrrole nitrogens is 1. The number of amides is 1. The monoisotopic (exact) mass is 436 g/mol. The second-order valence-corrected chi connectivity index (χ2v) is 10.5. The Morgan fingerprint density at radius 3 is 2.65 bits per heavy atom. The topological polar surface area (TPSA) is 112 Å². The van der Waals surface area contributed by atoms with Crippen molar-refractivity contribution in [3.05, 3.63) is 83.7 Å². The third-order valence-electron chi connectivity index (χ3n) is 6.22. The summed E-state index contributed by atoms with van der Waals surface area (Å²) in [5, 5.41) is 0.596. The van der Waals surface area contributed by atoms with E-state index in [2.05, 4.69) is 4.98 Å². The van der Waals surface area contributed by atoms with E-state index in [0.717, 1.165) is 22.1 Å². The van der Waals surface area contributed by atoms with Crippen molar-refractivity contribution in [3.63, 3.8) is 0 Å². The standard InChI is InChI=1S/C24H24N2O4S/c25-24(27)19-12-17(21-7-4-9-30-21)11-18-20(14-26-23(18)19)16-8-10-31(28,29)22(13-16)15-5-2-1-3-6-15/h1-7,9,11-12,14,16,22,26,28-29H,8,10,13H2,(H2,25,27). The van der Waals surface area contributed by atoms with Gasteiger partial charge in [0.2, 0.25) is 0 Å². The molecule has 2 aromatic carbocycles. The maximum absolute atomic E-state index is 12.2. The van der Waals surface area contributed by atoms with E-state index in [9.17, 15) is 13.9 Å². The second kappa shape index (κ2) is 7.60. The third kappa shape index (κ3) is 3.54. The van der Waals surface area contributed by atoms with Gasteiger partial charge in [-0.1, -0.05) is 30.3 Å². The number of carbonyl (C=O) groups is 1. The largest absolute Gasteiger partial charge is 0.464 e. The van der Waals surface area contributed by atoms with Crippen molar-refractivity contribution in [1.29, 1.82) is 0 Å². The van der Waals surface area contributed by atoms with Gasteiger partial charge in [0.25, 0.3) is 5.91 Å². The van der Waals surface area contributed by atoms with E-state index >= 15 is 0 Å². The van der Waals surface area contributed by atoms with Crippen LogP contribution in [0.3, 0.4) is 0 Å². The summed E-state index contributed by atoms with van der Waals surface area (Å²) in [6.07, 6.45) is 4.80. The molecule has 2 unspecified atom stereocenters. The number of nitrogens with two attached hydrogens (primary N) is 1. The van der Waals surface area contributed by atoms with E-state index in [-0.39, 0.29) is 11.2 Å². The molecule has 5 N–H and O–H groups in total. The van der Waals surface area contributed by atoms with Crippen molar-refractivity contribution >= 4 is 27.4 Å². The van der Waals surface area contributed by atoms with Crippen LogP contribution < -0.4 is 5.73 Å². The zero-order chi connectivity index (χ0) is 21.6. The van der Waals surface area contributed by atoms with Gasteiger partial charge in [0.05, 0.1) is 22.6 Å². The van der Waals surface area contributed by atoms with E-state index in [1.807, 2.05) is 48.7 Å². The Hall–Kier alpha value is -3.00. The number of primary amides is 1. The lowest BCUT2D eigenvalue weighted by Gasteiger charge is -2.46. The number of nitrogens with one attached hydrogen (secondary N) is 1. The highest BCUT2D eigenvalue weighted by atomic mass is 32.3. The molecule has 0 spiro atoms. The molecular formula is C24H24N2O4S. The molecule has 1 saturated heterocycles. The molecule has 1 aliphatic heterocycles. The number of benzene rings is 2. The normalized spacial score (nSPS) is 21.7. The average Bonchev–Trinajstić information content (AvgIpc) is 3.44. The number of aromatic amines is 1. The van der Waals surface area contributed by atoms with Crippen molar-refractivity contribution in [1.82, 2.24) is 4.98 Å². The van der Waals surface area contributed by atoms with E-state index in [4.69, 9.17) is 10.2 Å². The fourth-order valence-corrected chi connectivity index (χ4v) is 6.71. The molecule has 160 valence electrons. The van der Waals surface area contributed by atoms with Crippen LogP contribution in [-0.2, 0) is 0 Å². The van der Waals surface area contributed by atoms with Crippen LogP contribution in [-0.4, -0.2) is 25.7 Å². The predicted octanol–water partition coefficient (Wildman–Crippen LogP) is 5.90. The summed E-state index contributed by atoms with van der Waals surface area (Å²) in [6, 6.07) is 17.1. The molecule has 0 aliphatic carbocycles. The van der Waals surface area contributed by atoms with Crippen LogP contribution >= 0.6 is 10.6 Å². The van der Waals surface area contributed by atoms with Gasteiger partial charge in [-0.05, 0) is 54.2 Å². The highest BCUT2D eigenvalue weighted by Gasteiger charge is 2.36. The number of fused-ring (bicyclic) bond motifs is 1. The quantitative estimate of drug-likeness (QED) is 0.319. The highest BCUT2D eigenvalue weighted by Crippen LogP contribution is 2.62. The second-order valence-electron chi connectivity index (χ2n) is 8.07. The molecule has 0 bridgehead atoms. The van der Waals surface area contributed by atoms with Gasteiger partial charge >= 0.3 is 0 Å². The molecule has 0 radical (unpaired) electrons. The van der Waals surface area contributed by atoms with Crippen LogP contribution in [0.2, 0.25) is 0 Å². The van der Waals surface area contributed by atoms with Gasteiger partial charge in [-0.15, -0.1) is 0 Å². The number of carbonyl (C=O) groups excluding carboxylic acids is 1. The van der Waals surface area contributed by atoms with Crippen molar-refractivity contribution in [2.75, 3.05) is 5.75 Å². The summed E-state index contributed by atoms with van der Waals surface area (Å²) < 4.78 is 27.1. The van der Waals surface area contributed by atoms with Crippen molar-refractivity contribution in [2.24, 2.45) is 5.73 Å². The third-order valence-corrected chi connectivity index (χ3v) is 8.44. The molecule has 6 nitrogen and oxygen atoms in total. The Labute approximate surface area is 181 Å². The Morgan fingerprint density at radius 2 is 1.94 bits per heavy atom. The van der Waals surface area contributed by atoms with Gasteiger partial charge in [0.1, 0.15) is 5.76 Å². The van der Waals surface area contributed by atoms with E-state index in [1.165, 1.54) is 0 Å². The van der Waals surface area contributed by atoms with Crippen LogP contribution in [0.4, 0.5) is 0 Å². The van der Waals surface area contributed by atoms with E-state index in [0.29, 0.717) is 35.4 Å². The highest BCUT2D eigenvalue weighted by molar-refractivity contribution is 8.24. The van der Waals surface area contributed by atoms with E-state index in [1.54, 1.807) is 18.4 Å². The molecule has 0 saturated carbocycles. The predicted molar refractivity (Wildman–Crippen MR) is 123 cm³/mol. The summed E-state index contributed by atoms with van der Waals surface area (Å²) in [5.74, 6) is 0.625. The first-order chi connectivity index (χ1) is 14.9. The van der Waals surface area contributed by atoms with Gasteiger partial charge in [-0.25, -0.2) is 0 Å². The fraction of sp³-hybridized carbons (Fsp3) is 0.208. The first kappa shape index (κ1) is 19.9. The van der Waals surface area contributed by atoms with Gasteiger partial charge in [0, 0.05) is 22.9 Å². The molecule has 2 atom stereocenters. The molecule has 1 amide bonds. The maximum Gasteiger partial charge on any atom is 0.250 e. The van der Waals surface area contributed by atoms with Gasteiger partial charge in [0.15, 0.2) is 0 Å². The number of rotatable bonds is 4. The minimum atomic E-state index is -2.72. The molecular weight excluding hydrogens is 412 g/mol. The molecule has 31 heavy (non-hydrogen) atoms. The molecule has 5 rings (SSSR count). The Morgan fingerprint density at radius 1 is 1.13 bits per heavy atom. The summed E-state index contributed by atoms with van der Waals surface area (Å²) >= 11 is 0. The molecule has 2 aromatic heterocycles. The van der Waals surface area contributed by atoms with Crippen LogP contribution in [0.5, 0.6) is 0 Å².